The average Bonchev–Trinajstić information content (AvgIpc) is 3.52. The molecule has 9 nitrogen and oxygen atoms in total. The second kappa shape index (κ2) is 10.1. The molecule has 0 aromatic heterocycles. The fraction of sp³-hybridized carbons (Fsp3) is 0.560. The number of nitrogens with zero attached hydrogens (tertiary/aromatic N) is 1. The fourth-order valence-corrected chi connectivity index (χ4v) is 5.51. The molecular formula is C25H32N2O7. The fourth-order valence-electron chi connectivity index (χ4n) is 5.51. The molecule has 3 N–H and O–H groups in total. The molecule has 0 radical (unpaired) electrons. The third-order valence-electron chi connectivity index (χ3n) is 7.04. The van der Waals surface area contributed by atoms with Crippen molar-refractivity contribution in [1.82, 2.24) is 10.2 Å². The molecule has 4 atom stereocenters. The number of methoxy groups -OCH3 is 1. The number of aliphatic hydroxyl groups is 2. The standard InChI is InChI=1S/C25H32N2O7/c1-3-20(30)27(15-6-4-5-7-15)18-12-17(25(32)26-8-9-28)21-16-10-14(13-29)11-19(33-2)23(16)34-24(21)22(18)31/h10-13,15,18,21-22,24,28,31H,3-9H2,1-2H3,(H,26,32)/t18-,21+,22+,24+/m1/s1. The van der Waals surface area contributed by atoms with E-state index in [9.17, 15) is 24.6 Å². The van der Waals surface area contributed by atoms with Gasteiger partial charge in [-0.1, -0.05) is 19.8 Å². The largest absolute Gasteiger partial charge is 0.493 e. The van der Waals surface area contributed by atoms with E-state index in [1.165, 1.54) is 7.11 Å². The lowest BCUT2D eigenvalue weighted by atomic mass is 9.77. The Balaban J connectivity index is 1.82. The first-order valence-electron chi connectivity index (χ1n) is 11.9. The van der Waals surface area contributed by atoms with E-state index < -0.39 is 30.1 Å². The number of carbonyl (C=O) groups is 3. The van der Waals surface area contributed by atoms with Crippen molar-refractivity contribution in [2.45, 2.75) is 69.2 Å². The Hall–Kier alpha value is -2.91. The summed E-state index contributed by atoms with van der Waals surface area (Å²) in [7, 11) is 1.46. The van der Waals surface area contributed by atoms with E-state index in [2.05, 4.69) is 5.32 Å². The summed E-state index contributed by atoms with van der Waals surface area (Å²) in [6.07, 6.45) is 4.42. The van der Waals surface area contributed by atoms with E-state index in [4.69, 9.17) is 9.47 Å². The number of aliphatic hydroxyl groups excluding tert-OH is 2. The summed E-state index contributed by atoms with van der Waals surface area (Å²) in [6, 6.07) is 2.44. The van der Waals surface area contributed by atoms with Crippen molar-refractivity contribution in [3.05, 3.63) is 34.9 Å². The van der Waals surface area contributed by atoms with Crippen molar-refractivity contribution in [3.63, 3.8) is 0 Å². The second-order valence-electron chi connectivity index (χ2n) is 9.00. The molecule has 4 rings (SSSR count). The Morgan fingerprint density at radius 1 is 1.29 bits per heavy atom. The normalized spacial score (nSPS) is 25.6. The van der Waals surface area contributed by atoms with Gasteiger partial charge in [-0.2, -0.15) is 0 Å². The number of fused-ring (bicyclic) bond motifs is 3. The van der Waals surface area contributed by atoms with Crippen LogP contribution >= 0.6 is 0 Å². The molecule has 0 unspecified atom stereocenters. The number of benzene rings is 1. The zero-order chi connectivity index (χ0) is 24.4. The van der Waals surface area contributed by atoms with Gasteiger partial charge in [0.2, 0.25) is 11.8 Å². The van der Waals surface area contributed by atoms with Crippen molar-refractivity contribution in [2.75, 3.05) is 20.3 Å². The molecule has 3 aliphatic rings. The maximum Gasteiger partial charge on any atom is 0.247 e. The summed E-state index contributed by atoms with van der Waals surface area (Å²) in [5, 5.41) is 23.4. The summed E-state index contributed by atoms with van der Waals surface area (Å²) in [5.74, 6) is -0.445. The molecule has 184 valence electrons. The van der Waals surface area contributed by atoms with E-state index in [1.54, 1.807) is 30.0 Å². The minimum atomic E-state index is -1.09. The Bertz CT molecular complexity index is 986. The molecule has 1 saturated carbocycles. The monoisotopic (exact) mass is 472 g/mol. The summed E-state index contributed by atoms with van der Waals surface area (Å²) in [6.45, 7) is 1.62. The van der Waals surface area contributed by atoms with Crippen LogP contribution in [0.3, 0.4) is 0 Å². The van der Waals surface area contributed by atoms with Crippen molar-refractivity contribution < 1.29 is 34.1 Å². The molecule has 1 aliphatic heterocycles. The first kappa shape index (κ1) is 24.2. The lowest BCUT2D eigenvalue weighted by Gasteiger charge is -2.43. The van der Waals surface area contributed by atoms with Crippen LogP contribution in [-0.2, 0) is 9.59 Å². The van der Waals surface area contributed by atoms with Crippen LogP contribution in [0.25, 0.3) is 0 Å². The number of ether oxygens (including phenoxy) is 2. The molecule has 0 saturated heterocycles. The van der Waals surface area contributed by atoms with E-state index in [0.717, 1.165) is 25.7 Å². The van der Waals surface area contributed by atoms with Crippen molar-refractivity contribution >= 4 is 18.1 Å². The van der Waals surface area contributed by atoms with Gasteiger partial charge < -0.3 is 29.9 Å². The maximum absolute atomic E-state index is 13.2. The number of carbonyl (C=O) groups excluding carboxylic acids is 3. The number of hydrogen-bond acceptors (Lipinski definition) is 7. The van der Waals surface area contributed by atoms with E-state index in [0.29, 0.717) is 34.5 Å². The Morgan fingerprint density at radius 3 is 2.65 bits per heavy atom. The molecular weight excluding hydrogens is 440 g/mol. The lowest BCUT2D eigenvalue weighted by Crippen LogP contribution is -2.58. The van der Waals surface area contributed by atoms with Gasteiger partial charge in [-0.05, 0) is 31.1 Å². The molecule has 1 fully saturated rings. The van der Waals surface area contributed by atoms with Gasteiger partial charge in [0.15, 0.2) is 11.5 Å². The number of aldehydes is 1. The molecule has 34 heavy (non-hydrogen) atoms. The Morgan fingerprint density at radius 2 is 2.03 bits per heavy atom. The zero-order valence-corrected chi connectivity index (χ0v) is 19.5. The highest BCUT2D eigenvalue weighted by atomic mass is 16.5. The van der Waals surface area contributed by atoms with Crippen LogP contribution in [0.1, 0.15) is 60.9 Å². The van der Waals surface area contributed by atoms with Gasteiger partial charge in [0.1, 0.15) is 18.5 Å². The molecule has 1 heterocycles. The van der Waals surface area contributed by atoms with Crippen molar-refractivity contribution in [2.24, 2.45) is 0 Å². The second-order valence-corrected chi connectivity index (χ2v) is 9.00. The SMILES string of the molecule is CCC(=O)N(C1CCCC1)[C@@H]1C=C(C(=O)NCCO)[C@@H]2c3cc(C=O)cc(OC)c3O[C@@H]2[C@H]1O. The van der Waals surface area contributed by atoms with Crippen LogP contribution in [0.2, 0.25) is 0 Å². The van der Waals surface area contributed by atoms with E-state index >= 15 is 0 Å². The van der Waals surface area contributed by atoms with Gasteiger partial charge >= 0.3 is 0 Å². The third kappa shape index (κ3) is 4.18. The number of amides is 2. The molecule has 1 aromatic carbocycles. The number of rotatable bonds is 8. The topological polar surface area (TPSA) is 125 Å². The highest BCUT2D eigenvalue weighted by Gasteiger charge is 2.52. The highest BCUT2D eigenvalue weighted by Crippen LogP contribution is 2.51. The van der Waals surface area contributed by atoms with Crippen LogP contribution in [0, 0.1) is 0 Å². The number of nitrogens with one attached hydrogen (secondary N) is 1. The van der Waals surface area contributed by atoms with E-state index in [1.807, 2.05) is 0 Å². The summed E-state index contributed by atoms with van der Waals surface area (Å²) < 4.78 is 11.6. The first-order chi connectivity index (χ1) is 16.4. The number of hydrogen-bond donors (Lipinski definition) is 3. The zero-order valence-electron chi connectivity index (χ0n) is 19.5. The predicted octanol–water partition coefficient (Wildman–Crippen LogP) is 1.31. The average molecular weight is 473 g/mol. The minimum Gasteiger partial charge on any atom is -0.493 e. The molecule has 2 aliphatic carbocycles. The summed E-state index contributed by atoms with van der Waals surface area (Å²) in [5.41, 5.74) is 1.27. The maximum atomic E-state index is 13.2. The van der Waals surface area contributed by atoms with Crippen LogP contribution in [0.15, 0.2) is 23.8 Å². The molecule has 0 spiro atoms. The van der Waals surface area contributed by atoms with Gasteiger partial charge in [0.05, 0.1) is 25.7 Å². The summed E-state index contributed by atoms with van der Waals surface area (Å²) in [4.78, 5) is 39.5. The van der Waals surface area contributed by atoms with Crippen molar-refractivity contribution in [1.29, 1.82) is 0 Å². The van der Waals surface area contributed by atoms with Gasteiger partial charge in [-0.25, -0.2) is 0 Å². The van der Waals surface area contributed by atoms with Gasteiger partial charge in [0, 0.05) is 35.7 Å². The summed E-state index contributed by atoms with van der Waals surface area (Å²) >= 11 is 0. The highest BCUT2D eigenvalue weighted by molar-refractivity contribution is 5.96. The van der Waals surface area contributed by atoms with Crippen LogP contribution in [0.5, 0.6) is 11.5 Å². The van der Waals surface area contributed by atoms with Gasteiger partial charge in [-0.3, -0.25) is 14.4 Å². The van der Waals surface area contributed by atoms with Crippen LogP contribution < -0.4 is 14.8 Å². The molecule has 2 amide bonds. The Kier molecular flexibility index (Phi) is 7.23. The molecule has 1 aromatic rings. The van der Waals surface area contributed by atoms with Gasteiger partial charge in [-0.15, -0.1) is 0 Å². The van der Waals surface area contributed by atoms with Gasteiger partial charge in [0.25, 0.3) is 0 Å². The Labute approximate surface area is 198 Å². The molecule has 9 heteroatoms. The van der Waals surface area contributed by atoms with Crippen molar-refractivity contribution in [3.8, 4) is 11.5 Å². The van der Waals surface area contributed by atoms with Crippen LogP contribution in [0.4, 0.5) is 0 Å². The lowest BCUT2D eigenvalue weighted by molar-refractivity contribution is -0.140. The molecule has 0 bridgehead atoms. The van der Waals surface area contributed by atoms with E-state index in [-0.39, 0.29) is 31.5 Å². The third-order valence-corrected chi connectivity index (χ3v) is 7.04. The smallest absolute Gasteiger partial charge is 0.247 e. The first-order valence-corrected chi connectivity index (χ1v) is 11.9. The predicted molar refractivity (Wildman–Crippen MR) is 123 cm³/mol. The minimum absolute atomic E-state index is 0.0124. The quantitative estimate of drug-likeness (QED) is 0.487. The van der Waals surface area contributed by atoms with Crippen LogP contribution in [-0.4, -0.2) is 77.8 Å².